The molecule has 1 saturated heterocycles. The summed E-state index contributed by atoms with van der Waals surface area (Å²) in [5.74, 6) is -0.0536. The number of fused-ring (bicyclic) bond motifs is 1. The zero-order valence-electron chi connectivity index (χ0n) is 12.4. The minimum atomic E-state index is -0.524. The van der Waals surface area contributed by atoms with Crippen molar-refractivity contribution >= 4 is 23.0 Å². The zero-order valence-corrected chi connectivity index (χ0v) is 12.4. The summed E-state index contributed by atoms with van der Waals surface area (Å²) >= 11 is 0. The molecule has 0 aromatic carbocycles. The monoisotopic (exact) mass is 304 g/mol. The third kappa shape index (κ3) is 2.52. The van der Waals surface area contributed by atoms with Crippen LogP contribution in [-0.4, -0.2) is 54.3 Å². The number of hydrogen-bond donors (Lipinski definition) is 1. The van der Waals surface area contributed by atoms with Gasteiger partial charge in [-0.2, -0.15) is 4.98 Å². The molecule has 0 bridgehead atoms. The van der Waals surface area contributed by atoms with Gasteiger partial charge in [-0.15, -0.1) is 0 Å². The number of carbonyl (C=O) groups excluding carboxylic acids is 1. The van der Waals surface area contributed by atoms with E-state index in [1.807, 2.05) is 4.90 Å². The Kier molecular flexibility index (Phi) is 3.76. The quantitative estimate of drug-likeness (QED) is 0.794. The lowest BCUT2D eigenvalue weighted by molar-refractivity contribution is 0.0599. The van der Waals surface area contributed by atoms with Crippen LogP contribution < -0.4 is 10.5 Å². The van der Waals surface area contributed by atoms with E-state index in [9.17, 15) is 9.59 Å². The molecule has 1 aliphatic rings. The first-order chi connectivity index (χ1) is 10.6. The highest BCUT2D eigenvalue weighted by atomic mass is 16.5. The molecule has 3 rings (SSSR count). The molecule has 1 fully saturated rings. The van der Waals surface area contributed by atoms with Crippen molar-refractivity contribution in [3.8, 4) is 0 Å². The fourth-order valence-corrected chi connectivity index (χ4v) is 2.38. The van der Waals surface area contributed by atoms with E-state index in [1.165, 1.54) is 13.2 Å². The second-order valence-corrected chi connectivity index (χ2v) is 4.97. The average Bonchev–Trinajstić information content (AvgIpc) is 2.54. The largest absolute Gasteiger partial charge is 0.465 e. The molecule has 1 N–H and O–H groups in total. The predicted octanol–water partition coefficient (Wildman–Crippen LogP) is 0.250. The number of hydrogen-bond acceptors (Lipinski definition) is 7. The highest BCUT2D eigenvalue weighted by molar-refractivity contribution is 5.94. The molecular formula is C14H16N4O4. The van der Waals surface area contributed by atoms with Gasteiger partial charge in [0.25, 0.3) is 5.56 Å². The second-order valence-electron chi connectivity index (χ2n) is 4.97. The number of morpholine rings is 1. The summed E-state index contributed by atoms with van der Waals surface area (Å²) in [6, 6.07) is 1.47. The number of rotatable bonds is 2. The third-order valence-corrected chi connectivity index (χ3v) is 3.59. The van der Waals surface area contributed by atoms with E-state index in [0.29, 0.717) is 43.6 Å². The van der Waals surface area contributed by atoms with Gasteiger partial charge >= 0.3 is 5.97 Å². The number of H-pyrrole nitrogens is 1. The van der Waals surface area contributed by atoms with E-state index in [-0.39, 0.29) is 16.5 Å². The van der Waals surface area contributed by atoms with Crippen LogP contribution in [0.1, 0.15) is 16.1 Å². The molecule has 22 heavy (non-hydrogen) atoms. The SMILES string of the molecule is COC(=O)c1cc2c(=O)[nH]c(N3CCOCC3)nc2nc1C. The molecule has 0 amide bonds. The molecule has 0 aliphatic carbocycles. The summed E-state index contributed by atoms with van der Waals surface area (Å²) in [5.41, 5.74) is 0.728. The van der Waals surface area contributed by atoms with E-state index in [1.54, 1.807) is 6.92 Å². The highest BCUT2D eigenvalue weighted by Gasteiger charge is 2.18. The highest BCUT2D eigenvalue weighted by Crippen LogP contribution is 2.16. The molecule has 0 atom stereocenters. The van der Waals surface area contributed by atoms with Gasteiger partial charge < -0.3 is 14.4 Å². The number of esters is 1. The lowest BCUT2D eigenvalue weighted by Crippen LogP contribution is -2.38. The first-order valence-corrected chi connectivity index (χ1v) is 6.93. The number of aromatic nitrogens is 3. The van der Waals surface area contributed by atoms with E-state index in [0.717, 1.165) is 0 Å². The predicted molar refractivity (Wildman–Crippen MR) is 79.3 cm³/mol. The van der Waals surface area contributed by atoms with Gasteiger partial charge in [0.15, 0.2) is 5.65 Å². The summed E-state index contributed by atoms with van der Waals surface area (Å²) < 4.78 is 9.98. The number of nitrogens with zero attached hydrogens (tertiary/aromatic N) is 3. The molecule has 2 aromatic heterocycles. The van der Waals surface area contributed by atoms with Crippen LogP contribution in [0.15, 0.2) is 10.9 Å². The zero-order chi connectivity index (χ0) is 15.7. The van der Waals surface area contributed by atoms with Crippen molar-refractivity contribution in [2.45, 2.75) is 6.92 Å². The Morgan fingerprint density at radius 2 is 2.09 bits per heavy atom. The maximum absolute atomic E-state index is 12.3. The van der Waals surface area contributed by atoms with Crippen LogP contribution in [0.2, 0.25) is 0 Å². The maximum Gasteiger partial charge on any atom is 0.339 e. The standard InChI is InChI=1S/C14H16N4O4/c1-8-9(13(20)21-2)7-10-11(15-8)16-14(17-12(10)19)18-3-5-22-6-4-18/h7H,3-6H2,1-2H3,(H,15,16,17,19). The molecule has 8 heteroatoms. The Bertz CT molecular complexity index is 780. The van der Waals surface area contributed by atoms with Crippen LogP contribution in [0.4, 0.5) is 5.95 Å². The summed E-state index contributed by atoms with van der Waals surface area (Å²) in [6.45, 7) is 4.19. The fourth-order valence-electron chi connectivity index (χ4n) is 2.38. The van der Waals surface area contributed by atoms with E-state index < -0.39 is 5.97 Å². The summed E-state index contributed by atoms with van der Waals surface area (Å²) in [4.78, 5) is 37.3. The van der Waals surface area contributed by atoms with Crippen LogP contribution in [0.3, 0.4) is 0 Å². The number of ether oxygens (including phenoxy) is 2. The Morgan fingerprint density at radius 1 is 1.36 bits per heavy atom. The van der Waals surface area contributed by atoms with Gasteiger partial charge in [0.05, 0.1) is 37.0 Å². The summed E-state index contributed by atoms with van der Waals surface area (Å²) in [6.07, 6.45) is 0. The molecule has 0 saturated carbocycles. The number of methoxy groups -OCH3 is 1. The van der Waals surface area contributed by atoms with Crippen LogP contribution in [0, 0.1) is 6.92 Å². The second kappa shape index (κ2) is 5.72. The Balaban J connectivity index is 2.11. The number of pyridine rings is 1. The minimum absolute atomic E-state index is 0.265. The van der Waals surface area contributed by atoms with Crippen molar-refractivity contribution < 1.29 is 14.3 Å². The van der Waals surface area contributed by atoms with Crippen LogP contribution in [0.5, 0.6) is 0 Å². The van der Waals surface area contributed by atoms with Crippen molar-refractivity contribution in [3.63, 3.8) is 0 Å². The third-order valence-electron chi connectivity index (χ3n) is 3.59. The van der Waals surface area contributed by atoms with E-state index in [4.69, 9.17) is 9.47 Å². The molecule has 8 nitrogen and oxygen atoms in total. The lowest BCUT2D eigenvalue weighted by atomic mass is 10.1. The van der Waals surface area contributed by atoms with Gasteiger partial charge in [-0.1, -0.05) is 0 Å². The van der Waals surface area contributed by atoms with Crippen LogP contribution in [0.25, 0.3) is 11.0 Å². The van der Waals surface area contributed by atoms with Crippen molar-refractivity contribution in [2.24, 2.45) is 0 Å². The van der Waals surface area contributed by atoms with Gasteiger partial charge in [0.2, 0.25) is 5.95 Å². The fraction of sp³-hybridized carbons (Fsp3) is 0.429. The average molecular weight is 304 g/mol. The van der Waals surface area contributed by atoms with Crippen LogP contribution in [-0.2, 0) is 9.47 Å². The Morgan fingerprint density at radius 3 is 2.77 bits per heavy atom. The van der Waals surface area contributed by atoms with E-state index >= 15 is 0 Å². The van der Waals surface area contributed by atoms with Gasteiger partial charge in [-0.3, -0.25) is 9.78 Å². The van der Waals surface area contributed by atoms with Gasteiger partial charge in [0, 0.05) is 13.1 Å². The maximum atomic E-state index is 12.3. The Hall–Kier alpha value is -2.48. The molecule has 0 radical (unpaired) electrons. The van der Waals surface area contributed by atoms with Crippen molar-refractivity contribution in [1.82, 2.24) is 15.0 Å². The first-order valence-electron chi connectivity index (χ1n) is 6.93. The van der Waals surface area contributed by atoms with Gasteiger partial charge in [0.1, 0.15) is 0 Å². The minimum Gasteiger partial charge on any atom is -0.465 e. The number of aromatic amines is 1. The Labute approximate surface area is 126 Å². The van der Waals surface area contributed by atoms with Crippen LogP contribution >= 0.6 is 0 Å². The number of carbonyl (C=O) groups is 1. The number of anilines is 1. The molecule has 0 unspecified atom stereocenters. The molecule has 116 valence electrons. The summed E-state index contributed by atoms with van der Waals surface area (Å²) in [7, 11) is 1.29. The topological polar surface area (TPSA) is 97.4 Å². The molecule has 1 aliphatic heterocycles. The molecule has 3 heterocycles. The lowest BCUT2D eigenvalue weighted by Gasteiger charge is -2.27. The molecular weight excluding hydrogens is 288 g/mol. The molecule has 2 aromatic rings. The number of nitrogens with one attached hydrogen (secondary N) is 1. The normalized spacial score (nSPS) is 15.1. The number of aryl methyl sites for hydroxylation is 1. The van der Waals surface area contributed by atoms with E-state index in [2.05, 4.69) is 15.0 Å². The van der Waals surface area contributed by atoms with Crippen molar-refractivity contribution in [3.05, 3.63) is 27.7 Å². The van der Waals surface area contributed by atoms with Gasteiger partial charge in [-0.05, 0) is 13.0 Å². The first kappa shape index (κ1) is 14.5. The van der Waals surface area contributed by atoms with Crippen molar-refractivity contribution in [2.75, 3.05) is 38.3 Å². The summed E-state index contributed by atoms with van der Waals surface area (Å²) in [5, 5.41) is 0.267. The smallest absolute Gasteiger partial charge is 0.339 e. The van der Waals surface area contributed by atoms with Gasteiger partial charge in [-0.25, -0.2) is 9.78 Å². The molecule has 0 spiro atoms. The van der Waals surface area contributed by atoms with Crippen molar-refractivity contribution in [1.29, 1.82) is 0 Å².